The highest BCUT2D eigenvalue weighted by Gasteiger charge is 2.47. The van der Waals surface area contributed by atoms with Crippen molar-refractivity contribution in [3.63, 3.8) is 0 Å². The molecule has 0 aliphatic carbocycles. The van der Waals surface area contributed by atoms with Crippen molar-refractivity contribution in [2.45, 2.75) is 57.0 Å². The van der Waals surface area contributed by atoms with E-state index >= 15 is 0 Å². The van der Waals surface area contributed by atoms with Crippen molar-refractivity contribution >= 4 is 5.91 Å². The first-order valence-electron chi connectivity index (χ1n) is 7.86. The van der Waals surface area contributed by atoms with Crippen LogP contribution in [0.15, 0.2) is 0 Å². The summed E-state index contributed by atoms with van der Waals surface area (Å²) in [4.78, 5) is 17.2. The minimum absolute atomic E-state index is 0.449. The van der Waals surface area contributed by atoms with Crippen molar-refractivity contribution in [3.05, 3.63) is 0 Å². The average Bonchev–Trinajstić information content (AvgIpc) is 2.40. The van der Waals surface area contributed by atoms with Crippen LogP contribution in [0.4, 0.5) is 0 Å². The van der Waals surface area contributed by atoms with Crippen molar-refractivity contribution in [1.82, 2.24) is 9.80 Å². The van der Waals surface area contributed by atoms with Crippen LogP contribution in [0.2, 0.25) is 0 Å². The van der Waals surface area contributed by atoms with Crippen LogP contribution in [0.5, 0.6) is 0 Å². The fourth-order valence-electron chi connectivity index (χ4n) is 5.10. The molecular formula is C15H24N2O. The zero-order valence-corrected chi connectivity index (χ0v) is 11.2. The Morgan fingerprint density at radius 3 is 2.72 bits per heavy atom. The third-order valence-electron chi connectivity index (χ3n) is 5.87. The lowest BCUT2D eigenvalue weighted by Crippen LogP contribution is -2.64. The van der Waals surface area contributed by atoms with Gasteiger partial charge in [0.15, 0.2) is 0 Å². The van der Waals surface area contributed by atoms with E-state index in [0.29, 0.717) is 11.9 Å². The molecule has 0 radical (unpaired) electrons. The molecule has 0 aromatic rings. The second-order valence-electron chi connectivity index (χ2n) is 6.82. The Kier molecular flexibility index (Phi) is 2.65. The molecule has 0 saturated carbocycles. The van der Waals surface area contributed by atoms with Gasteiger partial charge in [-0.25, -0.2) is 0 Å². The molecule has 3 heteroatoms. The number of rotatable bonds is 0. The van der Waals surface area contributed by atoms with Crippen LogP contribution < -0.4 is 0 Å². The fraction of sp³-hybridized carbons (Fsp3) is 0.933. The molecule has 2 bridgehead atoms. The number of amides is 1. The van der Waals surface area contributed by atoms with Crippen LogP contribution in [0, 0.1) is 11.8 Å². The molecule has 100 valence electrons. The summed E-state index contributed by atoms with van der Waals surface area (Å²) in [6.45, 7) is 3.66. The second-order valence-corrected chi connectivity index (χ2v) is 6.82. The minimum atomic E-state index is 0.449. The van der Waals surface area contributed by atoms with Crippen molar-refractivity contribution in [2.75, 3.05) is 19.6 Å². The normalized spacial score (nSPS) is 44.4. The van der Waals surface area contributed by atoms with Crippen LogP contribution in [0.25, 0.3) is 0 Å². The van der Waals surface area contributed by atoms with Gasteiger partial charge >= 0.3 is 0 Å². The zero-order chi connectivity index (χ0) is 12.1. The van der Waals surface area contributed by atoms with E-state index in [-0.39, 0.29) is 0 Å². The lowest BCUT2D eigenvalue weighted by atomic mass is 9.71. The van der Waals surface area contributed by atoms with Crippen molar-refractivity contribution in [2.24, 2.45) is 11.8 Å². The van der Waals surface area contributed by atoms with E-state index in [0.717, 1.165) is 37.3 Å². The predicted molar refractivity (Wildman–Crippen MR) is 70.2 cm³/mol. The number of carbonyl (C=O) groups is 1. The van der Waals surface area contributed by atoms with E-state index in [1.807, 2.05) is 0 Å². The van der Waals surface area contributed by atoms with Crippen molar-refractivity contribution in [1.29, 1.82) is 0 Å². The van der Waals surface area contributed by atoms with E-state index in [4.69, 9.17) is 0 Å². The van der Waals surface area contributed by atoms with Gasteiger partial charge in [0.1, 0.15) is 0 Å². The van der Waals surface area contributed by atoms with Crippen LogP contribution in [-0.4, -0.2) is 47.4 Å². The molecule has 4 saturated heterocycles. The monoisotopic (exact) mass is 248 g/mol. The lowest BCUT2D eigenvalue weighted by Gasteiger charge is -2.56. The molecular weight excluding hydrogens is 224 g/mol. The van der Waals surface area contributed by atoms with Gasteiger partial charge in [0.05, 0.1) is 0 Å². The standard InChI is InChI=1S/C15H24N2O/c18-15-6-3-5-14-11-8-12(10-17(14)15)13-4-1-2-7-16(13)9-11/h11-14H,1-10H2/t11-,12-,13-,14+/m0/s1. The van der Waals surface area contributed by atoms with Gasteiger partial charge in [0.2, 0.25) is 5.91 Å². The maximum atomic E-state index is 12.1. The second kappa shape index (κ2) is 4.22. The summed E-state index contributed by atoms with van der Waals surface area (Å²) in [6, 6.07) is 1.39. The van der Waals surface area contributed by atoms with Gasteiger partial charge in [0, 0.05) is 31.6 Å². The third kappa shape index (κ3) is 1.63. The molecule has 4 heterocycles. The first-order valence-corrected chi connectivity index (χ1v) is 7.86. The van der Waals surface area contributed by atoms with E-state index in [1.165, 1.54) is 45.2 Å². The Morgan fingerprint density at radius 1 is 0.944 bits per heavy atom. The molecule has 4 atom stereocenters. The van der Waals surface area contributed by atoms with Gasteiger partial charge < -0.3 is 4.90 Å². The van der Waals surface area contributed by atoms with E-state index < -0.39 is 0 Å². The maximum absolute atomic E-state index is 12.1. The smallest absolute Gasteiger partial charge is 0.222 e. The Balaban J connectivity index is 1.59. The number of piperidine rings is 4. The van der Waals surface area contributed by atoms with Gasteiger partial charge in [-0.2, -0.15) is 0 Å². The molecule has 0 spiro atoms. The summed E-state index contributed by atoms with van der Waals surface area (Å²) in [5.74, 6) is 2.01. The Labute approximate surface area is 110 Å². The topological polar surface area (TPSA) is 23.6 Å². The van der Waals surface area contributed by atoms with Crippen LogP contribution in [0.1, 0.15) is 44.9 Å². The fourth-order valence-corrected chi connectivity index (χ4v) is 5.10. The maximum Gasteiger partial charge on any atom is 0.222 e. The number of hydrogen-bond acceptors (Lipinski definition) is 2. The average molecular weight is 248 g/mol. The molecule has 0 unspecified atom stereocenters. The molecule has 1 amide bonds. The van der Waals surface area contributed by atoms with Gasteiger partial charge in [-0.15, -0.1) is 0 Å². The Hall–Kier alpha value is -0.570. The number of nitrogens with zero attached hydrogens (tertiary/aromatic N) is 2. The molecule has 18 heavy (non-hydrogen) atoms. The molecule has 0 aromatic heterocycles. The molecule has 4 rings (SSSR count). The van der Waals surface area contributed by atoms with E-state index in [2.05, 4.69) is 9.80 Å². The van der Waals surface area contributed by atoms with Crippen molar-refractivity contribution in [3.8, 4) is 0 Å². The number of fused-ring (bicyclic) bond motifs is 6. The summed E-state index contributed by atoms with van der Waals surface area (Å²) in [7, 11) is 0. The van der Waals surface area contributed by atoms with Gasteiger partial charge in [-0.05, 0) is 50.5 Å². The SMILES string of the molecule is O=C1CCC[C@@H]2[C@H]3C[C@@H](CN12)[C@@H]1CCCCN1C3. The molecule has 3 nitrogen and oxygen atoms in total. The highest BCUT2D eigenvalue weighted by Crippen LogP contribution is 2.42. The third-order valence-corrected chi connectivity index (χ3v) is 5.87. The lowest BCUT2D eigenvalue weighted by molar-refractivity contribution is -0.148. The first kappa shape index (κ1) is 11.3. The quantitative estimate of drug-likeness (QED) is 0.653. The van der Waals surface area contributed by atoms with Crippen LogP contribution in [-0.2, 0) is 4.79 Å². The molecule has 0 aromatic carbocycles. The summed E-state index contributed by atoms with van der Waals surface area (Å²) in [5, 5.41) is 0. The highest BCUT2D eigenvalue weighted by molar-refractivity contribution is 5.77. The Bertz CT molecular complexity index is 356. The van der Waals surface area contributed by atoms with Gasteiger partial charge in [-0.3, -0.25) is 9.69 Å². The summed E-state index contributed by atoms with van der Waals surface area (Å²) in [6.07, 6.45) is 8.78. The molecule has 4 fully saturated rings. The minimum Gasteiger partial charge on any atom is -0.339 e. The van der Waals surface area contributed by atoms with Gasteiger partial charge in [-0.1, -0.05) is 6.42 Å². The predicted octanol–water partition coefficient (Wildman–Crippen LogP) is 1.87. The van der Waals surface area contributed by atoms with E-state index in [9.17, 15) is 4.79 Å². The number of carbonyl (C=O) groups excluding carboxylic acids is 1. The number of hydrogen-bond donors (Lipinski definition) is 0. The van der Waals surface area contributed by atoms with Crippen LogP contribution >= 0.6 is 0 Å². The van der Waals surface area contributed by atoms with Gasteiger partial charge in [0.25, 0.3) is 0 Å². The first-order chi connectivity index (χ1) is 8.83. The van der Waals surface area contributed by atoms with E-state index in [1.54, 1.807) is 0 Å². The molecule has 4 aliphatic rings. The largest absolute Gasteiger partial charge is 0.339 e. The highest BCUT2D eigenvalue weighted by atomic mass is 16.2. The molecule has 0 N–H and O–H groups in total. The van der Waals surface area contributed by atoms with Crippen LogP contribution in [0.3, 0.4) is 0 Å². The summed E-state index contributed by atoms with van der Waals surface area (Å²) < 4.78 is 0. The summed E-state index contributed by atoms with van der Waals surface area (Å²) in [5.41, 5.74) is 0. The zero-order valence-electron chi connectivity index (χ0n) is 11.2. The van der Waals surface area contributed by atoms with Crippen molar-refractivity contribution < 1.29 is 4.79 Å². The Morgan fingerprint density at radius 2 is 1.78 bits per heavy atom. The summed E-state index contributed by atoms with van der Waals surface area (Å²) >= 11 is 0. The molecule has 4 aliphatic heterocycles.